The summed E-state index contributed by atoms with van der Waals surface area (Å²) in [7, 11) is 2.02. The summed E-state index contributed by atoms with van der Waals surface area (Å²) in [6.07, 6.45) is 1.13. The lowest BCUT2D eigenvalue weighted by Gasteiger charge is -2.19. The molecule has 0 fully saturated rings. The van der Waals surface area contributed by atoms with Gasteiger partial charge < -0.3 is 5.32 Å². The Morgan fingerprint density at radius 2 is 1.65 bits per heavy atom. The van der Waals surface area contributed by atoms with Gasteiger partial charge in [-0.1, -0.05) is 48.0 Å². The van der Waals surface area contributed by atoms with Crippen molar-refractivity contribution >= 4 is 0 Å². The van der Waals surface area contributed by atoms with Gasteiger partial charge in [-0.25, -0.2) is 0 Å². The average Bonchev–Trinajstić information content (AvgIpc) is 2.43. The monoisotopic (exact) mass is 267 g/mol. The van der Waals surface area contributed by atoms with E-state index >= 15 is 0 Å². The van der Waals surface area contributed by atoms with Gasteiger partial charge in [0, 0.05) is 5.92 Å². The minimum atomic E-state index is 0.474. The summed E-state index contributed by atoms with van der Waals surface area (Å²) in [5.41, 5.74) is 6.92. The Morgan fingerprint density at radius 3 is 2.30 bits per heavy atom. The van der Waals surface area contributed by atoms with Crippen molar-refractivity contribution in [1.82, 2.24) is 5.32 Å². The van der Waals surface area contributed by atoms with Crippen molar-refractivity contribution in [2.75, 3.05) is 13.6 Å². The third-order valence-corrected chi connectivity index (χ3v) is 4.06. The molecule has 0 aliphatic rings. The van der Waals surface area contributed by atoms with Crippen LogP contribution in [0.25, 0.3) is 0 Å². The van der Waals surface area contributed by atoms with Crippen LogP contribution in [0.5, 0.6) is 0 Å². The lowest BCUT2D eigenvalue weighted by Crippen LogP contribution is -2.13. The normalized spacial score (nSPS) is 12.4. The zero-order chi connectivity index (χ0) is 14.5. The van der Waals surface area contributed by atoms with Crippen LogP contribution in [0.4, 0.5) is 0 Å². The Bertz CT molecular complexity index is 572. The fourth-order valence-corrected chi connectivity index (χ4v) is 2.68. The summed E-state index contributed by atoms with van der Waals surface area (Å²) in [6, 6.07) is 15.8. The van der Waals surface area contributed by atoms with Gasteiger partial charge in [0.15, 0.2) is 0 Å². The lowest BCUT2D eigenvalue weighted by atomic mass is 9.86. The van der Waals surface area contributed by atoms with Crippen LogP contribution in [0.15, 0.2) is 42.5 Å². The molecule has 0 aliphatic carbocycles. The molecule has 2 aromatic rings. The number of rotatable bonds is 5. The molecule has 0 saturated heterocycles. The predicted octanol–water partition coefficient (Wildman–Crippen LogP) is 4.35. The first kappa shape index (κ1) is 14.8. The van der Waals surface area contributed by atoms with Gasteiger partial charge in [-0.3, -0.25) is 0 Å². The van der Waals surface area contributed by atoms with Crippen LogP contribution in [-0.4, -0.2) is 13.6 Å². The predicted molar refractivity (Wildman–Crippen MR) is 87.5 cm³/mol. The van der Waals surface area contributed by atoms with Crippen LogP contribution in [0.3, 0.4) is 0 Å². The second-order valence-corrected chi connectivity index (χ2v) is 5.70. The van der Waals surface area contributed by atoms with Gasteiger partial charge in [0.1, 0.15) is 0 Å². The van der Waals surface area contributed by atoms with Gasteiger partial charge in [-0.15, -0.1) is 0 Å². The molecule has 2 rings (SSSR count). The maximum Gasteiger partial charge on any atom is 0.0102 e. The molecule has 1 N–H and O–H groups in total. The third kappa shape index (κ3) is 3.49. The highest BCUT2D eigenvalue weighted by Crippen LogP contribution is 2.29. The quantitative estimate of drug-likeness (QED) is 0.849. The first-order valence-electron chi connectivity index (χ1n) is 7.40. The Kier molecular flexibility index (Phi) is 4.97. The highest BCUT2D eigenvalue weighted by atomic mass is 14.8. The van der Waals surface area contributed by atoms with Crippen molar-refractivity contribution in [2.24, 2.45) is 0 Å². The van der Waals surface area contributed by atoms with Gasteiger partial charge in [-0.2, -0.15) is 0 Å². The Labute approximate surface area is 123 Å². The molecule has 1 unspecified atom stereocenters. The number of hydrogen-bond acceptors (Lipinski definition) is 1. The van der Waals surface area contributed by atoms with E-state index in [2.05, 4.69) is 68.6 Å². The minimum absolute atomic E-state index is 0.474. The fraction of sp³-hybridized carbons (Fsp3) is 0.368. The molecule has 0 bridgehead atoms. The second kappa shape index (κ2) is 6.71. The summed E-state index contributed by atoms with van der Waals surface area (Å²) in [4.78, 5) is 0. The molecule has 1 heteroatoms. The van der Waals surface area contributed by atoms with Crippen molar-refractivity contribution in [1.29, 1.82) is 0 Å². The summed E-state index contributed by atoms with van der Waals surface area (Å²) >= 11 is 0. The topological polar surface area (TPSA) is 12.0 Å². The zero-order valence-corrected chi connectivity index (χ0v) is 13.0. The van der Waals surface area contributed by atoms with E-state index in [0.29, 0.717) is 5.92 Å². The summed E-state index contributed by atoms with van der Waals surface area (Å²) in [5.74, 6) is 0.474. The molecule has 2 aromatic carbocycles. The van der Waals surface area contributed by atoms with Crippen molar-refractivity contribution in [2.45, 2.75) is 33.1 Å². The maximum absolute atomic E-state index is 3.28. The van der Waals surface area contributed by atoms with Crippen LogP contribution in [0, 0.1) is 20.8 Å². The number of aryl methyl sites for hydroxylation is 3. The van der Waals surface area contributed by atoms with Crippen LogP contribution in [0.1, 0.15) is 40.2 Å². The molecular formula is C19H25N. The van der Waals surface area contributed by atoms with Gasteiger partial charge >= 0.3 is 0 Å². The van der Waals surface area contributed by atoms with Crippen LogP contribution >= 0.6 is 0 Å². The van der Waals surface area contributed by atoms with E-state index in [4.69, 9.17) is 0 Å². The van der Waals surface area contributed by atoms with Crippen molar-refractivity contribution in [3.05, 3.63) is 70.3 Å². The molecule has 0 spiro atoms. The van der Waals surface area contributed by atoms with E-state index < -0.39 is 0 Å². The molecule has 106 valence electrons. The van der Waals surface area contributed by atoms with Crippen molar-refractivity contribution < 1.29 is 0 Å². The summed E-state index contributed by atoms with van der Waals surface area (Å²) in [5, 5.41) is 3.28. The Hall–Kier alpha value is -1.60. The lowest BCUT2D eigenvalue weighted by molar-refractivity contribution is 0.661. The highest BCUT2D eigenvalue weighted by Gasteiger charge is 2.14. The molecule has 1 atom stereocenters. The van der Waals surface area contributed by atoms with Crippen LogP contribution < -0.4 is 5.32 Å². The minimum Gasteiger partial charge on any atom is -0.320 e. The summed E-state index contributed by atoms with van der Waals surface area (Å²) < 4.78 is 0. The highest BCUT2D eigenvalue weighted by molar-refractivity contribution is 5.38. The van der Waals surface area contributed by atoms with E-state index in [-0.39, 0.29) is 0 Å². The van der Waals surface area contributed by atoms with Crippen molar-refractivity contribution in [3.8, 4) is 0 Å². The number of nitrogens with one attached hydrogen (secondary N) is 1. The first-order chi connectivity index (χ1) is 9.61. The van der Waals surface area contributed by atoms with E-state index in [1.54, 1.807) is 0 Å². The molecule has 20 heavy (non-hydrogen) atoms. The first-order valence-corrected chi connectivity index (χ1v) is 7.40. The third-order valence-electron chi connectivity index (χ3n) is 4.06. The van der Waals surface area contributed by atoms with Crippen LogP contribution in [-0.2, 0) is 0 Å². The van der Waals surface area contributed by atoms with E-state index in [0.717, 1.165) is 13.0 Å². The van der Waals surface area contributed by atoms with Gasteiger partial charge in [0.05, 0.1) is 0 Å². The Morgan fingerprint density at radius 1 is 0.900 bits per heavy atom. The van der Waals surface area contributed by atoms with E-state index in [1.165, 1.54) is 27.8 Å². The molecule has 0 aliphatic heterocycles. The zero-order valence-electron chi connectivity index (χ0n) is 13.0. The molecule has 0 aromatic heterocycles. The fourth-order valence-electron chi connectivity index (χ4n) is 2.68. The maximum atomic E-state index is 3.28. The molecule has 0 amide bonds. The average molecular weight is 267 g/mol. The SMILES string of the molecule is CNCCC(c1cccc(C)c1)c1ccc(C)c(C)c1. The largest absolute Gasteiger partial charge is 0.320 e. The van der Waals surface area contributed by atoms with Gasteiger partial charge in [0.25, 0.3) is 0 Å². The van der Waals surface area contributed by atoms with Gasteiger partial charge in [0.2, 0.25) is 0 Å². The smallest absolute Gasteiger partial charge is 0.0102 e. The molecule has 1 nitrogen and oxygen atoms in total. The van der Waals surface area contributed by atoms with Gasteiger partial charge in [-0.05, 0) is 63.0 Å². The second-order valence-electron chi connectivity index (χ2n) is 5.70. The van der Waals surface area contributed by atoms with E-state index in [9.17, 15) is 0 Å². The number of benzene rings is 2. The Balaban J connectivity index is 2.38. The van der Waals surface area contributed by atoms with E-state index in [1.807, 2.05) is 7.05 Å². The van der Waals surface area contributed by atoms with Crippen molar-refractivity contribution in [3.63, 3.8) is 0 Å². The molecule has 0 heterocycles. The molecule has 0 saturated carbocycles. The molecular weight excluding hydrogens is 242 g/mol. The summed E-state index contributed by atoms with van der Waals surface area (Å²) in [6.45, 7) is 7.57. The molecule has 0 radical (unpaired) electrons. The standard InChI is InChI=1S/C19H25N/c1-14-6-5-7-17(12-14)19(10-11-20-4)18-9-8-15(2)16(3)13-18/h5-9,12-13,19-20H,10-11H2,1-4H3. The number of hydrogen-bond donors (Lipinski definition) is 1. The van der Waals surface area contributed by atoms with Crippen LogP contribution in [0.2, 0.25) is 0 Å².